The van der Waals surface area contributed by atoms with Gasteiger partial charge in [-0.05, 0) is 61.2 Å². The van der Waals surface area contributed by atoms with E-state index in [1.165, 1.54) is 0 Å². The van der Waals surface area contributed by atoms with Crippen LogP contribution in [-0.2, 0) is 11.3 Å². The maximum atomic E-state index is 12.5. The Bertz CT molecular complexity index is 816. The van der Waals surface area contributed by atoms with Crippen LogP contribution in [0.15, 0.2) is 46.9 Å². The predicted octanol–water partition coefficient (Wildman–Crippen LogP) is 3.46. The van der Waals surface area contributed by atoms with Crippen molar-refractivity contribution in [3.8, 4) is 0 Å². The number of nitrogens with two attached hydrogens (primary N) is 1. The van der Waals surface area contributed by atoms with Crippen molar-refractivity contribution in [3.05, 3.63) is 63.6 Å². The summed E-state index contributed by atoms with van der Waals surface area (Å²) in [4.78, 5) is 25.8. The van der Waals surface area contributed by atoms with E-state index in [9.17, 15) is 9.59 Å². The lowest BCUT2D eigenvalue weighted by atomic mass is 10.1. The van der Waals surface area contributed by atoms with E-state index in [2.05, 4.69) is 26.1 Å². The van der Waals surface area contributed by atoms with E-state index in [1.54, 1.807) is 12.1 Å². The molecule has 3 rings (SSSR count). The zero-order chi connectivity index (χ0) is 18.7. The summed E-state index contributed by atoms with van der Waals surface area (Å²) >= 11 is 3.46. The van der Waals surface area contributed by atoms with Gasteiger partial charge < -0.3 is 11.1 Å². The van der Waals surface area contributed by atoms with Gasteiger partial charge in [0.25, 0.3) is 0 Å². The van der Waals surface area contributed by atoms with Gasteiger partial charge in [0, 0.05) is 28.3 Å². The van der Waals surface area contributed by atoms with Crippen LogP contribution in [0.5, 0.6) is 0 Å². The zero-order valence-electron chi connectivity index (χ0n) is 14.7. The number of carbonyl (C=O) groups excluding carboxylic acids is 2. The highest BCUT2D eigenvalue weighted by Crippen LogP contribution is 2.28. The van der Waals surface area contributed by atoms with Crippen LogP contribution in [0.1, 0.15) is 34.3 Å². The highest BCUT2D eigenvalue weighted by atomic mass is 79.9. The zero-order valence-corrected chi connectivity index (χ0v) is 16.3. The van der Waals surface area contributed by atoms with Crippen molar-refractivity contribution in [2.75, 3.05) is 11.9 Å². The SMILES string of the molecule is Cc1cc(NC(=O)CN(Cc2ccc(C(N)=O)cc2)C2CC2)ccc1Br. The smallest absolute Gasteiger partial charge is 0.248 e. The van der Waals surface area contributed by atoms with Gasteiger partial charge in [-0.3, -0.25) is 14.5 Å². The Kier molecular flexibility index (Phi) is 5.74. The summed E-state index contributed by atoms with van der Waals surface area (Å²) in [5.41, 5.74) is 8.72. The molecule has 0 aliphatic heterocycles. The number of primary amides is 1. The second-order valence-corrected chi connectivity index (χ2v) is 7.56. The van der Waals surface area contributed by atoms with Crippen molar-refractivity contribution in [3.63, 3.8) is 0 Å². The molecule has 0 unspecified atom stereocenters. The number of nitrogens with one attached hydrogen (secondary N) is 1. The molecule has 0 spiro atoms. The molecule has 26 heavy (non-hydrogen) atoms. The van der Waals surface area contributed by atoms with E-state index in [1.807, 2.05) is 37.3 Å². The summed E-state index contributed by atoms with van der Waals surface area (Å²) in [7, 11) is 0. The molecule has 0 atom stereocenters. The number of benzene rings is 2. The monoisotopic (exact) mass is 415 g/mol. The molecule has 5 nitrogen and oxygen atoms in total. The second-order valence-electron chi connectivity index (χ2n) is 6.71. The molecule has 0 bridgehead atoms. The fraction of sp³-hybridized carbons (Fsp3) is 0.300. The first-order valence-electron chi connectivity index (χ1n) is 8.61. The van der Waals surface area contributed by atoms with E-state index >= 15 is 0 Å². The van der Waals surface area contributed by atoms with Gasteiger partial charge in [0.1, 0.15) is 0 Å². The van der Waals surface area contributed by atoms with Crippen LogP contribution in [0.25, 0.3) is 0 Å². The Morgan fingerprint density at radius 1 is 1.19 bits per heavy atom. The number of rotatable bonds is 7. The van der Waals surface area contributed by atoms with Crippen LogP contribution in [0, 0.1) is 6.92 Å². The average Bonchev–Trinajstić information content (AvgIpc) is 3.43. The third kappa shape index (κ3) is 4.93. The van der Waals surface area contributed by atoms with Crippen molar-refractivity contribution in [2.45, 2.75) is 32.4 Å². The molecule has 1 aliphatic rings. The van der Waals surface area contributed by atoms with Gasteiger partial charge in [0.15, 0.2) is 0 Å². The summed E-state index contributed by atoms with van der Waals surface area (Å²) in [5.74, 6) is -0.452. The first-order chi connectivity index (χ1) is 12.4. The van der Waals surface area contributed by atoms with E-state index in [-0.39, 0.29) is 5.91 Å². The molecule has 2 aromatic rings. The number of amides is 2. The quantitative estimate of drug-likeness (QED) is 0.726. The first kappa shape index (κ1) is 18.6. The lowest BCUT2D eigenvalue weighted by Crippen LogP contribution is -2.34. The van der Waals surface area contributed by atoms with Gasteiger partial charge in [-0.15, -0.1) is 0 Å². The minimum absolute atomic E-state index is 0.0209. The van der Waals surface area contributed by atoms with Gasteiger partial charge >= 0.3 is 0 Å². The molecule has 3 N–H and O–H groups in total. The third-order valence-corrected chi connectivity index (χ3v) is 5.37. The predicted molar refractivity (Wildman–Crippen MR) is 106 cm³/mol. The molecule has 0 saturated heterocycles. The molecular weight excluding hydrogens is 394 g/mol. The second kappa shape index (κ2) is 8.01. The molecule has 0 radical (unpaired) electrons. The van der Waals surface area contributed by atoms with Gasteiger partial charge in [-0.1, -0.05) is 28.1 Å². The highest BCUT2D eigenvalue weighted by Gasteiger charge is 2.30. The van der Waals surface area contributed by atoms with Crippen LogP contribution in [0.4, 0.5) is 5.69 Å². The van der Waals surface area contributed by atoms with Gasteiger partial charge in [0.2, 0.25) is 11.8 Å². The Labute approximate surface area is 161 Å². The molecular formula is C20H22BrN3O2. The van der Waals surface area contributed by atoms with Gasteiger partial charge in [-0.2, -0.15) is 0 Å². The summed E-state index contributed by atoms with van der Waals surface area (Å²) in [5, 5.41) is 2.97. The Hall–Kier alpha value is -2.18. The minimum atomic E-state index is -0.431. The Balaban J connectivity index is 1.62. The molecule has 0 aromatic heterocycles. The molecule has 1 aliphatic carbocycles. The van der Waals surface area contributed by atoms with Crippen molar-refractivity contribution in [1.29, 1.82) is 0 Å². The molecule has 1 fully saturated rings. The Morgan fingerprint density at radius 3 is 2.46 bits per heavy atom. The normalized spacial score (nSPS) is 13.7. The summed E-state index contributed by atoms with van der Waals surface area (Å²) in [6.45, 7) is 3.01. The number of hydrogen-bond acceptors (Lipinski definition) is 3. The lowest BCUT2D eigenvalue weighted by molar-refractivity contribution is -0.117. The maximum absolute atomic E-state index is 12.5. The standard InChI is InChI=1S/C20H22BrN3O2/c1-13-10-16(6-9-18(13)21)23-19(25)12-24(17-7-8-17)11-14-2-4-15(5-3-14)20(22)26/h2-6,9-10,17H,7-8,11-12H2,1H3,(H2,22,26)(H,23,25). The Morgan fingerprint density at radius 2 is 1.88 bits per heavy atom. The van der Waals surface area contributed by atoms with Gasteiger partial charge in [-0.25, -0.2) is 0 Å². The lowest BCUT2D eigenvalue weighted by Gasteiger charge is -2.21. The van der Waals surface area contributed by atoms with Crippen LogP contribution < -0.4 is 11.1 Å². The number of nitrogens with zero attached hydrogens (tertiary/aromatic N) is 1. The van der Waals surface area contributed by atoms with Crippen molar-refractivity contribution < 1.29 is 9.59 Å². The maximum Gasteiger partial charge on any atom is 0.248 e. The number of hydrogen-bond donors (Lipinski definition) is 2. The van der Waals surface area contributed by atoms with Gasteiger partial charge in [0.05, 0.1) is 6.54 Å². The van der Waals surface area contributed by atoms with Crippen molar-refractivity contribution in [2.24, 2.45) is 5.73 Å². The summed E-state index contributed by atoms with van der Waals surface area (Å²) < 4.78 is 1.02. The summed E-state index contributed by atoms with van der Waals surface area (Å²) in [6.07, 6.45) is 2.23. The van der Waals surface area contributed by atoms with Crippen molar-refractivity contribution >= 4 is 33.4 Å². The van der Waals surface area contributed by atoms with Crippen molar-refractivity contribution in [1.82, 2.24) is 4.90 Å². The largest absolute Gasteiger partial charge is 0.366 e. The van der Waals surface area contributed by atoms with E-state index in [0.717, 1.165) is 34.1 Å². The topological polar surface area (TPSA) is 75.4 Å². The summed E-state index contributed by atoms with van der Waals surface area (Å²) in [6, 6.07) is 13.5. The number of halogens is 1. The van der Waals surface area contributed by atoms with E-state index in [4.69, 9.17) is 5.73 Å². The first-order valence-corrected chi connectivity index (χ1v) is 9.40. The number of aryl methyl sites for hydroxylation is 1. The van der Waals surface area contributed by atoms with Crippen LogP contribution in [-0.4, -0.2) is 29.3 Å². The van der Waals surface area contributed by atoms with E-state index < -0.39 is 5.91 Å². The third-order valence-electron chi connectivity index (χ3n) is 4.48. The van der Waals surface area contributed by atoms with Crippen LogP contribution in [0.3, 0.4) is 0 Å². The van der Waals surface area contributed by atoms with E-state index in [0.29, 0.717) is 24.7 Å². The fourth-order valence-electron chi connectivity index (χ4n) is 2.87. The molecule has 6 heteroatoms. The molecule has 1 saturated carbocycles. The molecule has 2 aromatic carbocycles. The highest BCUT2D eigenvalue weighted by molar-refractivity contribution is 9.10. The molecule has 0 heterocycles. The average molecular weight is 416 g/mol. The van der Waals surface area contributed by atoms with Crippen LogP contribution in [0.2, 0.25) is 0 Å². The van der Waals surface area contributed by atoms with Crippen LogP contribution >= 0.6 is 15.9 Å². The molecule has 136 valence electrons. The number of carbonyl (C=O) groups is 2. The minimum Gasteiger partial charge on any atom is -0.366 e. The fourth-order valence-corrected chi connectivity index (χ4v) is 3.12. The number of anilines is 1. The molecule has 2 amide bonds.